The molecule has 0 unspecified atom stereocenters. The summed E-state index contributed by atoms with van der Waals surface area (Å²) in [6.07, 6.45) is 3.88. The van der Waals surface area contributed by atoms with Gasteiger partial charge in [-0.3, -0.25) is 4.79 Å². The van der Waals surface area contributed by atoms with E-state index in [0.717, 1.165) is 5.57 Å². The average molecular weight is 461 g/mol. The molecule has 7 nitrogen and oxygen atoms in total. The molecule has 0 aromatic carbocycles. The molecule has 0 spiro atoms. The van der Waals surface area contributed by atoms with Crippen molar-refractivity contribution in [2.24, 2.45) is 23.2 Å². The predicted molar refractivity (Wildman–Crippen MR) is 113 cm³/mol. The number of hydrogen-bond acceptors (Lipinski definition) is 7. The number of aliphatic hydroxyl groups excluding tert-OH is 3. The molecule has 2 aliphatic rings. The fraction of sp³-hybridized carbons (Fsp3) is 0.750. The van der Waals surface area contributed by atoms with Gasteiger partial charge >= 0.3 is 35.5 Å². The number of carbonyl (C=O) groups excluding carboxylic acids is 2. The first-order chi connectivity index (χ1) is 14.4. The minimum absolute atomic E-state index is 0. The SMILES string of the molecule is C[C@H]1C=CC2=C[C@@H](O)C[C@H](OC(=O)CC(C)(C)C)[C@@H]2[C@H]1CC[C@@H](O)C[C@@H](O)CC(=O)[O-].[Na+]. The van der Waals surface area contributed by atoms with Crippen LogP contribution in [0.15, 0.2) is 23.8 Å². The zero-order valence-electron chi connectivity index (χ0n) is 20.0. The van der Waals surface area contributed by atoms with Crippen molar-refractivity contribution in [2.75, 3.05) is 0 Å². The van der Waals surface area contributed by atoms with E-state index in [-0.39, 0.29) is 71.5 Å². The van der Waals surface area contributed by atoms with Crippen LogP contribution in [0.3, 0.4) is 0 Å². The summed E-state index contributed by atoms with van der Waals surface area (Å²) in [6, 6.07) is 0. The molecule has 0 aliphatic heterocycles. The maximum atomic E-state index is 12.5. The molecule has 0 heterocycles. The summed E-state index contributed by atoms with van der Waals surface area (Å²) in [5.41, 5.74) is 0.750. The quantitative estimate of drug-likeness (QED) is 0.282. The molecule has 0 saturated carbocycles. The van der Waals surface area contributed by atoms with Gasteiger partial charge in [0.2, 0.25) is 0 Å². The van der Waals surface area contributed by atoms with Crippen molar-refractivity contribution in [3.8, 4) is 0 Å². The Kier molecular flexibility index (Phi) is 11.6. The van der Waals surface area contributed by atoms with Crippen LogP contribution in [-0.2, 0) is 14.3 Å². The molecule has 8 heteroatoms. The van der Waals surface area contributed by atoms with Crippen LogP contribution < -0.4 is 34.7 Å². The number of ether oxygens (including phenoxy) is 1. The van der Waals surface area contributed by atoms with E-state index in [9.17, 15) is 30.0 Å². The first-order valence-electron chi connectivity index (χ1n) is 11.2. The summed E-state index contributed by atoms with van der Waals surface area (Å²) in [5.74, 6) is -1.43. The van der Waals surface area contributed by atoms with Gasteiger partial charge in [-0.2, -0.15) is 0 Å². The van der Waals surface area contributed by atoms with Gasteiger partial charge in [-0.25, -0.2) is 0 Å². The normalized spacial score (nSPS) is 29.2. The monoisotopic (exact) mass is 460 g/mol. The van der Waals surface area contributed by atoms with E-state index in [2.05, 4.69) is 13.0 Å². The molecule has 0 amide bonds. The van der Waals surface area contributed by atoms with E-state index in [1.165, 1.54) is 0 Å². The van der Waals surface area contributed by atoms with Gasteiger partial charge in [0, 0.05) is 24.7 Å². The number of hydrogen-bond donors (Lipinski definition) is 3. The number of allylic oxidation sites excluding steroid dienone is 2. The van der Waals surface area contributed by atoms with Crippen molar-refractivity contribution < 1.29 is 64.3 Å². The molecule has 0 saturated heterocycles. The van der Waals surface area contributed by atoms with E-state index in [1.807, 2.05) is 32.9 Å². The summed E-state index contributed by atoms with van der Waals surface area (Å²) >= 11 is 0. The smallest absolute Gasteiger partial charge is 0.550 e. The van der Waals surface area contributed by atoms with Gasteiger partial charge < -0.3 is 30.0 Å². The fourth-order valence-corrected chi connectivity index (χ4v) is 4.72. The van der Waals surface area contributed by atoms with Crippen molar-refractivity contribution in [2.45, 2.75) is 90.6 Å². The van der Waals surface area contributed by atoms with Gasteiger partial charge in [-0.05, 0) is 42.1 Å². The van der Waals surface area contributed by atoms with Gasteiger partial charge in [0.15, 0.2) is 0 Å². The van der Waals surface area contributed by atoms with Crippen LogP contribution in [0.25, 0.3) is 0 Å². The second-order valence-electron chi connectivity index (χ2n) is 10.3. The molecule has 176 valence electrons. The minimum Gasteiger partial charge on any atom is -0.550 e. The Morgan fingerprint density at radius 2 is 1.91 bits per heavy atom. The Labute approximate surface area is 213 Å². The van der Waals surface area contributed by atoms with Gasteiger partial charge in [0.05, 0.1) is 24.7 Å². The van der Waals surface area contributed by atoms with Gasteiger partial charge in [-0.1, -0.05) is 45.9 Å². The van der Waals surface area contributed by atoms with Crippen LogP contribution >= 0.6 is 0 Å². The van der Waals surface area contributed by atoms with E-state index in [1.54, 1.807) is 0 Å². The fourth-order valence-electron chi connectivity index (χ4n) is 4.72. The first kappa shape index (κ1) is 29.3. The summed E-state index contributed by atoms with van der Waals surface area (Å²) in [5, 5.41) is 40.9. The predicted octanol–water partition coefficient (Wildman–Crippen LogP) is -1.50. The van der Waals surface area contributed by atoms with Crippen LogP contribution in [0.5, 0.6) is 0 Å². The number of carboxylic acid groups (broad SMARTS) is 1. The molecule has 0 bridgehead atoms. The third-order valence-electron chi connectivity index (χ3n) is 6.11. The van der Waals surface area contributed by atoms with Crippen LogP contribution in [-0.4, -0.2) is 51.7 Å². The molecule has 7 atom stereocenters. The Balaban J connectivity index is 0.00000512. The van der Waals surface area contributed by atoms with E-state index in [4.69, 9.17) is 4.74 Å². The largest absolute Gasteiger partial charge is 1.00 e. The number of fused-ring (bicyclic) bond motifs is 1. The van der Waals surface area contributed by atoms with E-state index >= 15 is 0 Å². The number of aliphatic hydroxyl groups is 3. The van der Waals surface area contributed by atoms with Gasteiger partial charge in [0.1, 0.15) is 6.10 Å². The Morgan fingerprint density at radius 1 is 1.25 bits per heavy atom. The standard InChI is InChI=1S/C24H38O7.Na/c1-14-5-6-15-9-17(26)11-20(31-22(30)13-24(2,3)4)23(15)19(14)8-7-16(25)10-18(27)12-21(28)29;/h5-6,9,14,16-20,23,25-27H,7-8,10-13H2,1-4H3,(H,28,29);/q;+1/p-1/t14-,16+,17+,18+,19-,20-,23-;/m0./s1. The number of rotatable bonds is 9. The molecule has 0 aromatic rings. The molecule has 0 aromatic heterocycles. The van der Waals surface area contributed by atoms with Gasteiger partial charge in [0.25, 0.3) is 0 Å². The third-order valence-corrected chi connectivity index (χ3v) is 6.11. The third kappa shape index (κ3) is 9.27. The molecule has 3 N–H and O–H groups in total. The zero-order valence-corrected chi connectivity index (χ0v) is 22.0. The summed E-state index contributed by atoms with van der Waals surface area (Å²) in [6.45, 7) is 7.99. The first-order valence-corrected chi connectivity index (χ1v) is 11.2. The summed E-state index contributed by atoms with van der Waals surface area (Å²) < 4.78 is 5.85. The molecular weight excluding hydrogens is 423 g/mol. The van der Waals surface area contributed by atoms with Crippen molar-refractivity contribution in [3.63, 3.8) is 0 Å². The molecule has 0 fully saturated rings. The van der Waals surface area contributed by atoms with Crippen LogP contribution in [0.4, 0.5) is 0 Å². The van der Waals surface area contributed by atoms with Crippen molar-refractivity contribution >= 4 is 11.9 Å². The van der Waals surface area contributed by atoms with Crippen molar-refractivity contribution in [1.29, 1.82) is 0 Å². The number of aliphatic carboxylic acids is 1. The van der Waals surface area contributed by atoms with Crippen LogP contribution in [0.2, 0.25) is 0 Å². The number of carbonyl (C=O) groups is 2. The molecule has 2 rings (SSSR count). The van der Waals surface area contributed by atoms with Crippen molar-refractivity contribution in [1.82, 2.24) is 0 Å². The van der Waals surface area contributed by atoms with Gasteiger partial charge in [-0.15, -0.1) is 0 Å². The molecule has 2 aliphatic carbocycles. The minimum atomic E-state index is -1.35. The Bertz CT molecular complexity index is 697. The summed E-state index contributed by atoms with van der Waals surface area (Å²) in [4.78, 5) is 23.1. The Hall–Kier alpha value is -0.700. The number of esters is 1. The molecular formula is C24H37NaO7. The molecule has 0 radical (unpaired) electrons. The van der Waals surface area contributed by atoms with E-state index < -0.39 is 36.8 Å². The Morgan fingerprint density at radius 3 is 2.50 bits per heavy atom. The second kappa shape index (κ2) is 12.7. The number of carboxylic acids is 1. The maximum Gasteiger partial charge on any atom is 1.00 e. The van der Waals surface area contributed by atoms with Crippen LogP contribution in [0.1, 0.15) is 66.2 Å². The topological polar surface area (TPSA) is 127 Å². The van der Waals surface area contributed by atoms with Crippen LogP contribution in [0, 0.1) is 23.2 Å². The second-order valence-corrected chi connectivity index (χ2v) is 10.3. The maximum absolute atomic E-state index is 12.5. The van der Waals surface area contributed by atoms with Crippen molar-refractivity contribution in [3.05, 3.63) is 23.8 Å². The average Bonchev–Trinajstić information content (AvgIpc) is 2.58. The molecule has 32 heavy (non-hydrogen) atoms. The zero-order chi connectivity index (χ0) is 23.3. The summed E-state index contributed by atoms with van der Waals surface area (Å²) in [7, 11) is 0. The van der Waals surface area contributed by atoms with E-state index in [0.29, 0.717) is 19.3 Å².